The van der Waals surface area contributed by atoms with Gasteiger partial charge in [0.15, 0.2) is 0 Å². The number of nitrogens with zero attached hydrogens (tertiary/aromatic N) is 1. The Morgan fingerprint density at radius 1 is 1.47 bits per heavy atom. The minimum atomic E-state index is -0.987. The zero-order chi connectivity index (χ0) is 11.4. The van der Waals surface area contributed by atoms with E-state index < -0.39 is 12.3 Å². The van der Waals surface area contributed by atoms with Crippen LogP contribution in [0, 0.1) is 11.3 Å². The fraction of sp³-hybridized carbons (Fsp3) is 0.417. The number of rotatable bonds is 2. The smallest absolute Gasteiger partial charge is 0.149 e. The average molecular weight is 257 g/mol. The summed E-state index contributed by atoms with van der Waals surface area (Å²) in [5.41, 5.74) is 0.529. The Hall–Kier alpha value is -1.31. The van der Waals surface area contributed by atoms with Crippen molar-refractivity contribution in [3.8, 4) is 11.8 Å². The Morgan fingerprint density at radius 3 is 3.00 bits per heavy atom. The first-order valence-corrected chi connectivity index (χ1v) is 5.31. The van der Waals surface area contributed by atoms with Gasteiger partial charge in [0, 0.05) is 6.54 Å². The van der Waals surface area contributed by atoms with Crippen LogP contribution in [-0.2, 0) is 0 Å². The minimum absolute atomic E-state index is 0. The van der Waals surface area contributed by atoms with Gasteiger partial charge >= 0.3 is 0 Å². The van der Waals surface area contributed by atoms with Crippen molar-refractivity contribution in [2.24, 2.45) is 0 Å². The molecule has 5 heteroatoms. The molecule has 1 N–H and O–H groups in total. The molecule has 0 aliphatic carbocycles. The third kappa shape index (κ3) is 3.58. The summed E-state index contributed by atoms with van der Waals surface area (Å²) in [6.07, 6.45) is -0.743. The maximum Gasteiger partial charge on any atom is 0.149 e. The Morgan fingerprint density at radius 2 is 2.29 bits per heavy atom. The van der Waals surface area contributed by atoms with Crippen molar-refractivity contribution in [2.45, 2.75) is 18.7 Å². The van der Waals surface area contributed by atoms with Crippen molar-refractivity contribution in [3.63, 3.8) is 0 Å². The van der Waals surface area contributed by atoms with E-state index >= 15 is 0 Å². The van der Waals surface area contributed by atoms with E-state index in [1.807, 2.05) is 6.07 Å². The fourth-order valence-electron chi connectivity index (χ4n) is 1.74. The Bertz CT molecular complexity index is 408. The second kappa shape index (κ2) is 6.43. The zero-order valence-corrected chi connectivity index (χ0v) is 10.0. The van der Waals surface area contributed by atoms with Gasteiger partial charge in [-0.2, -0.15) is 5.26 Å². The highest BCUT2D eigenvalue weighted by atomic mass is 35.5. The molecule has 2 rings (SSSR count). The van der Waals surface area contributed by atoms with Gasteiger partial charge in [-0.1, -0.05) is 6.07 Å². The van der Waals surface area contributed by atoms with Crippen LogP contribution in [0.1, 0.15) is 12.0 Å². The summed E-state index contributed by atoms with van der Waals surface area (Å²) in [6.45, 7) is 1.10. The largest absolute Gasteiger partial charge is 0.487 e. The van der Waals surface area contributed by atoms with Crippen LogP contribution >= 0.6 is 12.4 Å². The molecule has 1 aromatic carbocycles. The molecule has 2 atom stereocenters. The fourth-order valence-corrected chi connectivity index (χ4v) is 1.74. The summed E-state index contributed by atoms with van der Waals surface area (Å²) in [5.74, 6) is 0.564. The van der Waals surface area contributed by atoms with Gasteiger partial charge in [-0.25, -0.2) is 4.39 Å². The summed E-state index contributed by atoms with van der Waals surface area (Å²) in [6, 6.07) is 8.84. The maximum atomic E-state index is 13.5. The quantitative estimate of drug-likeness (QED) is 0.881. The first-order valence-electron chi connectivity index (χ1n) is 5.31. The molecule has 0 unspecified atom stereocenters. The number of alkyl halides is 1. The highest BCUT2D eigenvalue weighted by Gasteiger charge is 2.26. The summed E-state index contributed by atoms with van der Waals surface area (Å²) >= 11 is 0. The molecule has 1 fully saturated rings. The van der Waals surface area contributed by atoms with Crippen molar-refractivity contribution < 1.29 is 9.13 Å². The number of halogens is 2. The van der Waals surface area contributed by atoms with Crippen LogP contribution in [0.2, 0.25) is 0 Å². The van der Waals surface area contributed by atoms with E-state index in [9.17, 15) is 4.39 Å². The predicted octanol–water partition coefficient (Wildman–Crippen LogP) is 2.06. The number of ether oxygens (including phenoxy) is 1. The number of hydrogen-bond donors (Lipinski definition) is 1. The Balaban J connectivity index is 0.00000144. The third-order valence-corrected chi connectivity index (χ3v) is 2.60. The van der Waals surface area contributed by atoms with Crippen molar-refractivity contribution in [1.82, 2.24) is 5.32 Å². The summed E-state index contributed by atoms with van der Waals surface area (Å²) < 4.78 is 19.0. The lowest BCUT2D eigenvalue weighted by molar-refractivity contribution is 0.0731. The zero-order valence-electron chi connectivity index (χ0n) is 9.23. The lowest BCUT2D eigenvalue weighted by Crippen LogP contribution is -2.44. The lowest BCUT2D eigenvalue weighted by atomic mass is 10.1. The van der Waals surface area contributed by atoms with E-state index in [0.29, 0.717) is 24.3 Å². The molecule has 92 valence electrons. The van der Waals surface area contributed by atoms with Gasteiger partial charge in [0.1, 0.15) is 18.0 Å². The van der Waals surface area contributed by atoms with Crippen LogP contribution in [0.25, 0.3) is 0 Å². The van der Waals surface area contributed by atoms with Gasteiger partial charge in [0.05, 0.1) is 11.6 Å². The van der Waals surface area contributed by atoms with Gasteiger partial charge in [-0.15, -0.1) is 12.4 Å². The SMILES string of the molecule is Cl.N#Cc1cccc(O[C@@H]2CCNC[C@@H]2F)c1. The van der Waals surface area contributed by atoms with Crippen molar-refractivity contribution >= 4 is 12.4 Å². The first-order chi connectivity index (χ1) is 7.79. The van der Waals surface area contributed by atoms with Crippen LogP contribution in [0.4, 0.5) is 4.39 Å². The molecule has 1 aliphatic rings. The molecular formula is C12H14ClFN2O. The van der Waals surface area contributed by atoms with Crippen LogP contribution in [0.3, 0.4) is 0 Å². The molecule has 0 aromatic heterocycles. The highest BCUT2D eigenvalue weighted by Crippen LogP contribution is 2.19. The van der Waals surface area contributed by atoms with Gasteiger partial charge in [-0.3, -0.25) is 0 Å². The van der Waals surface area contributed by atoms with Crippen LogP contribution in [-0.4, -0.2) is 25.4 Å². The highest BCUT2D eigenvalue weighted by molar-refractivity contribution is 5.85. The van der Waals surface area contributed by atoms with E-state index in [0.717, 1.165) is 6.54 Å². The van der Waals surface area contributed by atoms with Crippen LogP contribution in [0.15, 0.2) is 24.3 Å². The number of nitrogens with one attached hydrogen (secondary N) is 1. The molecule has 1 aromatic rings. The molecule has 1 saturated heterocycles. The van der Waals surface area contributed by atoms with Crippen molar-refractivity contribution in [1.29, 1.82) is 5.26 Å². The molecule has 1 heterocycles. The number of benzene rings is 1. The number of piperidine rings is 1. The second-order valence-electron chi connectivity index (χ2n) is 3.80. The summed E-state index contributed by atoms with van der Waals surface area (Å²) in [7, 11) is 0. The first kappa shape index (κ1) is 13.8. The summed E-state index contributed by atoms with van der Waals surface area (Å²) in [5, 5.41) is 11.7. The number of nitriles is 1. The van der Waals surface area contributed by atoms with Crippen LogP contribution in [0.5, 0.6) is 5.75 Å². The monoisotopic (exact) mass is 256 g/mol. The Kier molecular flexibility index (Phi) is 5.20. The van der Waals surface area contributed by atoms with Crippen molar-refractivity contribution in [2.75, 3.05) is 13.1 Å². The van der Waals surface area contributed by atoms with Gasteiger partial charge in [-0.05, 0) is 31.2 Å². The second-order valence-corrected chi connectivity index (χ2v) is 3.80. The minimum Gasteiger partial charge on any atom is -0.487 e. The predicted molar refractivity (Wildman–Crippen MR) is 65.2 cm³/mol. The average Bonchev–Trinajstić information content (AvgIpc) is 2.32. The normalized spacial score (nSPS) is 23.3. The van der Waals surface area contributed by atoms with Gasteiger partial charge in [0.25, 0.3) is 0 Å². The number of hydrogen-bond acceptors (Lipinski definition) is 3. The summed E-state index contributed by atoms with van der Waals surface area (Å²) in [4.78, 5) is 0. The lowest BCUT2D eigenvalue weighted by Gasteiger charge is -2.27. The standard InChI is InChI=1S/C12H13FN2O.ClH/c13-11-8-15-5-4-12(11)16-10-3-1-2-9(6-10)7-14;/h1-3,6,11-12,15H,4-5,8H2;1H/t11-,12+;/m0./s1. The van der Waals surface area contributed by atoms with E-state index in [1.165, 1.54) is 0 Å². The molecule has 0 radical (unpaired) electrons. The molecule has 0 saturated carbocycles. The van der Waals surface area contributed by atoms with E-state index in [1.54, 1.807) is 24.3 Å². The molecule has 17 heavy (non-hydrogen) atoms. The maximum absolute atomic E-state index is 13.5. The molecule has 1 aliphatic heterocycles. The van der Waals surface area contributed by atoms with Crippen molar-refractivity contribution in [3.05, 3.63) is 29.8 Å². The van der Waals surface area contributed by atoms with E-state index in [-0.39, 0.29) is 12.4 Å². The molecule has 3 nitrogen and oxygen atoms in total. The van der Waals surface area contributed by atoms with E-state index in [2.05, 4.69) is 5.32 Å². The Labute approximate surface area is 106 Å². The topological polar surface area (TPSA) is 45.0 Å². The molecule has 0 spiro atoms. The molecular weight excluding hydrogens is 243 g/mol. The molecule has 0 bridgehead atoms. The third-order valence-electron chi connectivity index (χ3n) is 2.60. The molecule has 0 amide bonds. The van der Waals surface area contributed by atoms with Gasteiger partial charge < -0.3 is 10.1 Å². The van der Waals surface area contributed by atoms with E-state index in [4.69, 9.17) is 10.00 Å². The van der Waals surface area contributed by atoms with Gasteiger partial charge in [0.2, 0.25) is 0 Å². The van der Waals surface area contributed by atoms with Crippen LogP contribution < -0.4 is 10.1 Å².